The predicted molar refractivity (Wildman–Crippen MR) is 73.3 cm³/mol. The van der Waals surface area contributed by atoms with Gasteiger partial charge in [0, 0.05) is 13.2 Å². The molecule has 0 aromatic heterocycles. The van der Waals surface area contributed by atoms with E-state index in [0.717, 1.165) is 19.4 Å². The summed E-state index contributed by atoms with van der Waals surface area (Å²) in [5, 5.41) is 3.52. The van der Waals surface area contributed by atoms with Crippen molar-refractivity contribution in [1.29, 1.82) is 0 Å². The van der Waals surface area contributed by atoms with Crippen LogP contribution in [0.5, 0.6) is 0 Å². The maximum atomic E-state index is 5.58. The SMILES string of the molecule is CCNC(CCc1ccccc1)C(C)(C)OC. The first-order valence-corrected chi connectivity index (χ1v) is 6.42. The summed E-state index contributed by atoms with van der Waals surface area (Å²) in [6, 6.07) is 11.0. The molecular weight excluding hydrogens is 210 g/mol. The Morgan fingerprint density at radius 1 is 1.24 bits per heavy atom. The summed E-state index contributed by atoms with van der Waals surface area (Å²) in [7, 11) is 1.78. The van der Waals surface area contributed by atoms with Gasteiger partial charge in [-0.1, -0.05) is 37.3 Å². The van der Waals surface area contributed by atoms with Gasteiger partial charge in [-0.25, -0.2) is 0 Å². The normalized spacial score (nSPS) is 13.6. The molecule has 1 aromatic carbocycles. The molecule has 0 radical (unpaired) electrons. The number of hydrogen-bond acceptors (Lipinski definition) is 2. The van der Waals surface area contributed by atoms with E-state index in [-0.39, 0.29) is 5.60 Å². The third-order valence-corrected chi connectivity index (χ3v) is 3.38. The summed E-state index contributed by atoms with van der Waals surface area (Å²) >= 11 is 0. The maximum Gasteiger partial charge on any atom is 0.0775 e. The van der Waals surface area contributed by atoms with Crippen molar-refractivity contribution in [2.24, 2.45) is 0 Å². The van der Waals surface area contributed by atoms with Gasteiger partial charge in [-0.2, -0.15) is 0 Å². The fourth-order valence-corrected chi connectivity index (χ4v) is 2.04. The van der Waals surface area contributed by atoms with Crippen LogP contribution < -0.4 is 5.32 Å². The average Bonchev–Trinajstić information content (AvgIpc) is 2.35. The molecule has 96 valence electrons. The number of likely N-dealkylation sites (N-methyl/N-ethyl adjacent to an activating group) is 1. The zero-order valence-electron chi connectivity index (χ0n) is 11.5. The summed E-state index contributed by atoms with van der Waals surface area (Å²) in [5.74, 6) is 0. The molecule has 0 saturated heterocycles. The molecule has 2 nitrogen and oxygen atoms in total. The van der Waals surface area contributed by atoms with Crippen LogP contribution in [0.25, 0.3) is 0 Å². The van der Waals surface area contributed by atoms with Crippen LogP contribution in [0.3, 0.4) is 0 Å². The lowest BCUT2D eigenvalue weighted by Gasteiger charge is -2.33. The van der Waals surface area contributed by atoms with Gasteiger partial charge in [-0.05, 0) is 38.8 Å². The van der Waals surface area contributed by atoms with Gasteiger partial charge in [-0.15, -0.1) is 0 Å². The molecule has 1 aromatic rings. The Labute approximate surface area is 105 Å². The minimum Gasteiger partial charge on any atom is -0.377 e. The number of benzene rings is 1. The molecular formula is C15H25NO. The summed E-state index contributed by atoms with van der Waals surface area (Å²) in [4.78, 5) is 0. The van der Waals surface area contributed by atoms with E-state index in [0.29, 0.717) is 6.04 Å². The molecule has 0 spiro atoms. The van der Waals surface area contributed by atoms with E-state index >= 15 is 0 Å². The summed E-state index contributed by atoms with van der Waals surface area (Å²) < 4.78 is 5.58. The van der Waals surface area contributed by atoms with E-state index < -0.39 is 0 Å². The molecule has 0 aliphatic carbocycles. The van der Waals surface area contributed by atoms with Crippen LogP contribution in [-0.4, -0.2) is 25.3 Å². The summed E-state index contributed by atoms with van der Waals surface area (Å²) in [6.45, 7) is 7.41. The lowest BCUT2D eigenvalue weighted by atomic mass is 9.92. The average molecular weight is 235 g/mol. The number of nitrogens with one attached hydrogen (secondary N) is 1. The minimum atomic E-state index is -0.120. The Morgan fingerprint density at radius 2 is 1.88 bits per heavy atom. The van der Waals surface area contributed by atoms with E-state index in [9.17, 15) is 0 Å². The molecule has 17 heavy (non-hydrogen) atoms. The first kappa shape index (κ1) is 14.2. The Bertz CT molecular complexity index is 308. The van der Waals surface area contributed by atoms with E-state index in [2.05, 4.69) is 56.4 Å². The van der Waals surface area contributed by atoms with Crippen LogP contribution in [0.4, 0.5) is 0 Å². The van der Waals surface area contributed by atoms with Crippen LogP contribution in [-0.2, 0) is 11.2 Å². The van der Waals surface area contributed by atoms with Crippen molar-refractivity contribution in [3.05, 3.63) is 35.9 Å². The lowest BCUT2D eigenvalue weighted by Crippen LogP contribution is -2.48. The second kappa shape index (κ2) is 6.77. The molecule has 0 amide bonds. The molecule has 1 unspecified atom stereocenters. The maximum absolute atomic E-state index is 5.58. The number of ether oxygens (including phenoxy) is 1. The predicted octanol–water partition coefficient (Wildman–Crippen LogP) is 3.02. The highest BCUT2D eigenvalue weighted by Crippen LogP contribution is 2.18. The lowest BCUT2D eigenvalue weighted by molar-refractivity contribution is -0.0119. The van der Waals surface area contributed by atoms with Crippen molar-refractivity contribution in [3.8, 4) is 0 Å². The summed E-state index contributed by atoms with van der Waals surface area (Å²) in [5.41, 5.74) is 1.27. The number of aryl methyl sites for hydroxylation is 1. The molecule has 0 aliphatic rings. The second-order valence-corrected chi connectivity index (χ2v) is 4.94. The topological polar surface area (TPSA) is 21.3 Å². The largest absolute Gasteiger partial charge is 0.377 e. The molecule has 0 bridgehead atoms. The molecule has 2 heteroatoms. The zero-order chi connectivity index (χ0) is 12.7. The molecule has 0 heterocycles. The molecule has 0 fully saturated rings. The summed E-state index contributed by atoms with van der Waals surface area (Å²) in [6.07, 6.45) is 2.18. The Balaban J connectivity index is 2.56. The van der Waals surface area contributed by atoms with E-state index in [4.69, 9.17) is 4.74 Å². The van der Waals surface area contributed by atoms with E-state index in [1.165, 1.54) is 5.56 Å². The molecule has 0 aliphatic heterocycles. The Kier molecular flexibility index (Phi) is 5.66. The zero-order valence-corrected chi connectivity index (χ0v) is 11.5. The highest BCUT2D eigenvalue weighted by atomic mass is 16.5. The number of methoxy groups -OCH3 is 1. The molecule has 1 N–H and O–H groups in total. The second-order valence-electron chi connectivity index (χ2n) is 4.94. The quantitative estimate of drug-likeness (QED) is 0.784. The highest BCUT2D eigenvalue weighted by molar-refractivity contribution is 5.15. The van der Waals surface area contributed by atoms with E-state index in [1.54, 1.807) is 7.11 Å². The van der Waals surface area contributed by atoms with Crippen molar-refractivity contribution < 1.29 is 4.74 Å². The third-order valence-electron chi connectivity index (χ3n) is 3.38. The van der Waals surface area contributed by atoms with Gasteiger partial charge in [-0.3, -0.25) is 0 Å². The fraction of sp³-hybridized carbons (Fsp3) is 0.600. The monoisotopic (exact) mass is 235 g/mol. The van der Waals surface area contributed by atoms with Crippen molar-refractivity contribution in [3.63, 3.8) is 0 Å². The Hall–Kier alpha value is -0.860. The van der Waals surface area contributed by atoms with E-state index in [1.807, 2.05) is 0 Å². The van der Waals surface area contributed by atoms with Crippen molar-refractivity contribution in [2.75, 3.05) is 13.7 Å². The fourth-order valence-electron chi connectivity index (χ4n) is 2.04. The third kappa shape index (κ3) is 4.49. The van der Waals surface area contributed by atoms with Crippen LogP contribution in [0.1, 0.15) is 32.8 Å². The van der Waals surface area contributed by atoms with Gasteiger partial charge >= 0.3 is 0 Å². The van der Waals surface area contributed by atoms with Crippen LogP contribution in [0.15, 0.2) is 30.3 Å². The van der Waals surface area contributed by atoms with Gasteiger partial charge in [0.1, 0.15) is 0 Å². The standard InChI is InChI=1S/C15H25NO/c1-5-16-14(15(2,3)17-4)12-11-13-9-7-6-8-10-13/h6-10,14,16H,5,11-12H2,1-4H3. The first-order chi connectivity index (χ1) is 8.10. The van der Waals surface area contributed by atoms with Gasteiger partial charge in [0.15, 0.2) is 0 Å². The van der Waals surface area contributed by atoms with Gasteiger partial charge in [0.05, 0.1) is 5.60 Å². The van der Waals surface area contributed by atoms with Crippen LogP contribution >= 0.6 is 0 Å². The number of rotatable bonds is 7. The number of hydrogen-bond donors (Lipinski definition) is 1. The van der Waals surface area contributed by atoms with Gasteiger partial charge in [0.25, 0.3) is 0 Å². The minimum absolute atomic E-state index is 0.120. The van der Waals surface area contributed by atoms with Gasteiger partial charge < -0.3 is 10.1 Å². The van der Waals surface area contributed by atoms with Crippen LogP contribution in [0.2, 0.25) is 0 Å². The van der Waals surface area contributed by atoms with Gasteiger partial charge in [0.2, 0.25) is 0 Å². The molecule has 1 atom stereocenters. The van der Waals surface area contributed by atoms with Crippen molar-refractivity contribution in [1.82, 2.24) is 5.32 Å². The molecule has 0 saturated carbocycles. The first-order valence-electron chi connectivity index (χ1n) is 6.42. The smallest absolute Gasteiger partial charge is 0.0775 e. The van der Waals surface area contributed by atoms with Crippen molar-refractivity contribution in [2.45, 2.75) is 45.3 Å². The molecule has 1 rings (SSSR count). The Morgan fingerprint density at radius 3 is 2.41 bits per heavy atom. The van der Waals surface area contributed by atoms with Crippen LogP contribution in [0, 0.1) is 0 Å². The highest BCUT2D eigenvalue weighted by Gasteiger charge is 2.27. The van der Waals surface area contributed by atoms with Crippen molar-refractivity contribution >= 4 is 0 Å².